The van der Waals surface area contributed by atoms with Crippen molar-refractivity contribution in [2.75, 3.05) is 18.6 Å². The van der Waals surface area contributed by atoms with E-state index in [0.717, 1.165) is 18.7 Å². The molecule has 0 heterocycles. The molecule has 1 fully saturated rings. The number of nitrogens with two attached hydrogens (primary N) is 1. The molecule has 0 spiro atoms. The van der Waals surface area contributed by atoms with E-state index in [1.54, 1.807) is 0 Å². The minimum Gasteiger partial charge on any atom is -0.387 e. The third-order valence-electron chi connectivity index (χ3n) is 2.99. The highest BCUT2D eigenvalue weighted by molar-refractivity contribution is 7.90. The van der Waals surface area contributed by atoms with Gasteiger partial charge in [-0.05, 0) is 19.3 Å². The fourth-order valence-electron chi connectivity index (χ4n) is 2.06. The molecule has 1 saturated carbocycles. The van der Waals surface area contributed by atoms with Crippen LogP contribution in [-0.4, -0.2) is 32.8 Å². The third-order valence-corrected chi connectivity index (χ3v) is 4.02. The highest BCUT2D eigenvalue weighted by Crippen LogP contribution is 2.23. The highest BCUT2D eigenvalue weighted by atomic mass is 32.2. The number of amidine groups is 1. The van der Waals surface area contributed by atoms with Gasteiger partial charge in [0.15, 0.2) is 0 Å². The Morgan fingerprint density at radius 1 is 1.31 bits per heavy atom. The predicted molar refractivity (Wildman–Crippen MR) is 67.4 cm³/mol. The number of aliphatic imine (C=N–C) groups is 1. The van der Waals surface area contributed by atoms with Crippen LogP contribution in [0.5, 0.6) is 0 Å². The van der Waals surface area contributed by atoms with Crippen LogP contribution in [0.15, 0.2) is 4.99 Å². The number of sulfone groups is 1. The van der Waals surface area contributed by atoms with E-state index in [9.17, 15) is 8.42 Å². The van der Waals surface area contributed by atoms with Gasteiger partial charge in [-0.2, -0.15) is 0 Å². The predicted octanol–water partition coefficient (Wildman–Crippen LogP) is 1.36. The first-order valence-electron chi connectivity index (χ1n) is 5.96. The summed E-state index contributed by atoms with van der Waals surface area (Å²) in [6, 6.07) is 0. The van der Waals surface area contributed by atoms with Crippen LogP contribution in [0.4, 0.5) is 0 Å². The van der Waals surface area contributed by atoms with Gasteiger partial charge in [-0.15, -0.1) is 0 Å². The van der Waals surface area contributed by atoms with Crippen molar-refractivity contribution in [1.29, 1.82) is 0 Å². The molecule has 0 saturated heterocycles. The van der Waals surface area contributed by atoms with Crippen molar-refractivity contribution in [3.63, 3.8) is 0 Å². The quantitative estimate of drug-likeness (QED) is 0.452. The average molecular weight is 246 g/mol. The first kappa shape index (κ1) is 13.5. The molecule has 0 bridgehead atoms. The summed E-state index contributed by atoms with van der Waals surface area (Å²) in [4.78, 5) is 4.28. The first-order valence-corrected chi connectivity index (χ1v) is 8.02. The fourth-order valence-corrected chi connectivity index (χ4v) is 2.72. The number of rotatable bonds is 5. The first-order chi connectivity index (χ1) is 7.49. The molecule has 1 rings (SSSR count). The molecule has 5 heteroatoms. The largest absolute Gasteiger partial charge is 0.387 e. The van der Waals surface area contributed by atoms with E-state index in [0.29, 0.717) is 18.9 Å². The Bertz CT molecular complexity index is 330. The average Bonchev–Trinajstić information content (AvgIpc) is 2.24. The Labute approximate surface area is 98.2 Å². The van der Waals surface area contributed by atoms with Gasteiger partial charge in [-0.3, -0.25) is 4.99 Å². The summed E-state index contributed by atoms with van der Waals surface area (Å²) in [6.07, 6.45) is 7.89. The van der Waals surface area contributed by atoms with Crippen LogP contribution in [0.25, 0.3) is 0 Å². The second kappa shape index (κ2) is 6.23. The van der Waals surface area contributed by atoms with Crippen molar-refractivity contribution in [3.05, 3.63) is 0 Å². The zero-order valence-corrected chi connectivity index (χ0v) is 10.8. The standard InChI is InChI=1S/C11H22N2O2S/c1-16(14,15)9-5-8-13-11(12)10-6-3-2-4-7-10/h10H,2-9H2,1H3,(H2,12,13). The van der Waals surface area contributed by atoms with E-state index in [1.165, 1.54) is 25.5 Å². The lowest BCUT2D eigenvalue weighted by Gasteiger charge is -2.20. The molecule has 0 amide bonds. The third kappa shape index (κ3) is 5.49. The lowest BCUT2D eigenvalue weighted by Crippen LogP contribution is -2.26. The van der Waals surface area contributed by atoms with Crippen molar-refractivity contribution in [3.8, 4) is 0 Å². The minimum absolute atomic E-state index is 0.203. The van der Waals surface area contributed by atoms with Gasteiger partial charge in [0.25, 0.3) is 0 Å². The molecule has 4 nitrogen and oxygen atoms in total. The molecule has 0 unspecified atom stereocenters. The fraction of sp³-hybridized carbons (Fsp3) is 0.909. The monoisotopic (exact) mass is 246 g/mol. The van der Waals surface area contributed by atoms with Gasteiger partial charge in [-0.1, -0.05) is 19.3 Å². The molecule has 94 valence electrons. The molecular formula is C11H22N2O2S. The number of hydrogen-bond acceptors (Lipinski definition) is 3. The maximum Gasteiger partial charge on any atom is 0.147 e. The van der Waals surface area contributed by atoms with Crippen LogP contribution in [0.1, 0.15) is 38.5 Å². The Morgan fingerprint density at radius 3 is 2.50 bits per heavy atom. The van der Waals surface area contributed by atoms with Gasteiger partial charge in [0, 0.05) is 18.7 Å². The molecule has 0 atom stereocenters. The molecule has 1 aliphatic rings. The lowest BCUT2D eigenvalue weighted by atomic mass is 9.88. The summed E-state index contributed by atoms with van der Waals surface area (Å²) < 4.78 is 21.8. The van der Waals surface area contributed by atoms with Gasteiger partial charge in [-0.25, -0.2) is 8.42 Å². The Morgan fingerprint density at radius 2 is 1.94 bits per heavy atom. The van der Waals surface area contributed by atoms with Crippen molar-refractivity contribution in [2.24, 2.45) is 16.6 Å². The lowest BCUT2D eigenvalue weighted by molar-refractivity contribution is 0.436. The zero-order chi connectivity index (χ0) is 12.0. The number of nitrogens with zero attached hydrogens (tertiary/aromatic N) is 1. The maximum absolute atomic E-state index is 10.9. The Kier molecular flexibility index (Phi) is 5.25. The molecule has 16 heavy (non-hydrogen) atoms. The molecule has 0 aromatic heterocycles. The molecule has 1 aliphatic carbocycles. The molecule has 0 aromatic carbocycles. The number of hydrogen-bond donors (Lipinski definition) is 1. The summed E-state index contributed by atoms with van der Waals surface area (Å²) in [5.74, 6) is 1.37. The van der Waals surface area contributed by atoms with Crippen LogP contribution in [0.2, 0.25) is 0 Å². The summed E-state index contributed by atoms with van der Waals surface area (Å²) >= 11 is 0. The normalized spacial score (nSPS) is 19.9. The Balaban J connectivity index is 2.27. The topological polar surface area (TPSA) is 72.5 Å². The molecule has 2 N–H and O–H groups in total. The van der Waals surface area contributed by atoms with E-state index in [1.807, 2.05) is 0 Å². The van der Waals surface area contributed by atoms with Crippen LogP contribution in [0, 0.1) is 5.92 Å². The summed E-state index contributed by atoms with van der Waals surface area (Å²) in [5.41, 5.74) is 5.90. The van der Waals surface area contributed by atoms with Gasteiger partial charge >= 0.3 is 0 Å². The van der Waals surface area contributed by atoms with Crippen LogP contribution >= 0.6 is 0 Å². The van der Waals surface area contributed by atoms with Gasteiger partial charge in [0.2, 0.25) is 0 Å². The Hall–Kier alpha value is -0.580. The summed E-state index contributed by atoms with van der Waals surface area (Å²) in [6.45, 7) is 0.537. The molecule has 0 aliphatic heterocycles. The smallest absolute Gasteiger partial charge is 0.147 e. The van der Waals surface area contributed by atoms with Crippen molar-refractivity contribution in [1.82, 2.24) is 0 Å². The van der Waals surface area contributed by atoms with E-state index in [2.05, 4.69) is 4.99 Å². The van der Waals surface area contributed by atoms with Crippen LogP contribution in [0.3, 0.4) is 0 Å². The van der Waals surface area contributed by atoms with E-state index in [4.69, 9.17) is 5.73 Å². The molecule has 0 radical (unpaired) electrons. The van der Waals surface area contributed by atoms with Crippen molar-refractivity contribution >= 4 is 15.7 Å². The maximum atomic E-state index is 10.9. The molecule has 0 aromatic rings. The van der Waals surface area contributed by atoms with Gasteiger partial charge in [0.1, 0.15) is 9.84 Å². The summed E-state index contributed by atoms with van der Waals surface area (Å²) in [5, 5.41) is 0. The van der Waals surface area contributed by atoms with Crippen LogP contribution in [-0.2, 0) is 9.84 Å². The second-order valence-corrected chi connectivity index (χ2v) is 6.88. The van der Waals surface area contributed by atoms with Crippen molar-refractivity contribution < 1.29 is 8.42 Å². The SMILES string of the molecule is CS(=O)(=O)CCCN=C(N)C1CCCCC1. The zero-order valence-electron chi connectivity index (χ0n) is 9.98. The second-order valence-electron chi connectivity index (χ2n) is 4.62. The van der Waals surface area contributed by atoms with E-state index < -0.39 is 9.84 Å². The van der Waals surface area contributed by atoms with Gasteiger partial charge < -0.3 is 5.73 Å². The molecular weight excluding hydrogens is 224 g/mol. The van der Waals surface area contributed by atoms with Gasteiger partial charge in [0.05, 0.1) is 11.6 Å². The van der Waals surface area contributed by atoms with E-state index >= 15 is 0 Å². The minimum atomic E-state index is -2.86. The summed E-state index contributed by atoms with van der Waals surface area (Å²) in [7, 11) is -2.86. The highest BCUT2D eigenvalue weighted by Gasteiger charge is 2.16. The van der Waals surface area contributed by atoms with Crippen LogP contribution < -0.4 is 5.73 Å². The van der Waals surface area contributed by atoms with Crippen molar-refractivity contribution in [2.45, 2.75) is 38.5 Å². The van der Waals surface area contributed by atoms with E-state index in [-0.39, 0.29) is 5.75 Å².